The van der Waals surface area contributed by atoms with Crippen LogP contribution in [0, 0.1) is 17.8 Å². The minimum absolute atomic E-state index is 0.0401. The number of esters is 2. The van der Waals surface area contributed by atoms with Crippen LogP contribution in [0.4, 0.5) is 0 Å². The fourth-order valence-electron chi connectivity index (χ4n) is 6.07. The van der Waals surface area contributed by atoms with Crippen LogP contribution in [0.3, 0.4) is 0 Å². The zero-order chi connectivity index (χ0) is 30.6. The number of amides is 1. The molecule has 1 N–H and O–H groups in total. The van der Waals surface area contributed by atoms with E-state index in [2.05, 4.69) is 22.4 Å². The van der Waals surface area contributed by atoms with Crippen LogP contribution >= 0.6 is 0 Å². The predicted molar refractivity (Wildman–Crippen MR) is 156 cm³/mol. The molecule has 2 fully saturated rings. The molecule has 0 radical (unpaired) electrons. The van der Waals surface area contributed by atoms with Gasteiger partial charge in [-0.25, -0.2) is 14.6 Å². The van der Waals surface area contributed by atoms with E-state index < -0.39 is 30.7 Å². The molecule has 2 aliphatic rings. The highest BCUT2D eigenvalue weighted by Gasteiger charge is 2.40. The Balaban J connectivity index is 1.48. The average Bonchev–Trinajstić information content (AvgIpc) is 3.55. The first-order chi connectivity index (χ1) is 20.9. The number of benzene rings is 1. The van der Waals surface area contributed by atoms with E-state index in [1.807, 2.05) is 25.1 Å². The van der Waals surface area contributed by atoms with Crippen LogP contribution in [0.2, 0.25) is 0 Å². The Morgan fingerprint density at radius 1 is 1.09 bits per heavy atom. The number of hydrogen-bond donors (Lipinski definition) is 1. The van der Waals surface area contributed by atoms with E-state index in [0.717, 1.165) is 19.3 Å². The summed E-state index contributed by atoms with van der Waals surface area (Å²) in [7, 11) is 1.41. The van der Waals surface area contributed by atoms with E-state index in [9.17, 15) is 14.4 Å². The molecular formula is C32H42N2O9. The molecule has 2 heterocycles. The maximum Gasteiger partial charge on any atom is 0.334 e. The van der Waals surface area contributed by atoms with Crippen molar-refractivity contribution < 1.29 is 42.8 Å². The summed E-state index contributed by atoms with van der Waals surface area (Å²) in [5, 5.41) is 2.70. The van der Waals surface area contributed by atoms with Gasteiger partial charge in [0.2, 0.25) is 6.79 Å². The van der Waals surface area contributed by atoms with E-state index in [1.165, 1.54) is 37.8 Å². The van der Waals surface area contributed by atoms with Crippen molar-refractivity contribution in [2.45, 2.75) is 58.1 Å². The monoisotopic (exact) mass is 598 g/mol. The molecule has 0 spiro atoms. The standard InChI is InChI=1S/C32H42N2O9/c1-4-39-19-27(35)41-20-42-30-26(38-3)14-15-33-29(30)31(36)34-25-18-40-17-24(16-22-10-6-5-7-11-22)28(21(2)43-32(25)37)23-12-8-9-13-23/h5-7,10-11,14-15,21,23-25,28H,4,8-9,12-13,16-20H2,1-3H3,(H,34,36)/t21-,24-,25-,28+/m0/s1. The van der Waals surface area contributed by atoms with E-state index >= 15 is 0 Å². The van der Waals surface area contributed by atoms with Crippen LogP contribution in [0.5, 0.6) is 11.5 Å². The van der Waals surface area contributed by atoms with E-state index in [-0.39, 0.29) is 48.3 Å². The number of pyridine rings is 1. The Bertz CT molecular complexity index is 1200. The molecule has 1 amide bonds. The van der Waals surface area contributed by atoms with Gasteiger partial charge in [0.15, 0.2) is 23.2 Å². The number of nitrogens with zero attached hydrogens (tertiary/aromatic N) is 1. The third-order valence-electron chi connectivity index (χ3n) is 8.03. The van der Waals surface area contributed by atoms with Crippen molar-refractivity contribution >= 4 is 17.8 Å². The van der Waals surface area contributed by atoms with Crippen molar-refractivity contribution in [3.05, 3.63) is 53.9 Å². The second-order valence-electron chi connectivity index (χ2n) is 10.9. The van der Waals surface area contributed by atoms with Gasteiger partial charge in [0.1, 0.15) is 12.7 Å². The fraction of sp³-hybridized carbons (Fsp3) is 0.562. The quantitative estimate of drug-likeness (QED) is 0.285. The van der Waals surface area contributed by atoms with Crippen LogP contribution in [-0.2, 0) is 35.0 Å². The molecule has 0 unspecified atom stereocenters. The average molecular weight is 599 g/mol. The summed E-state index contributed by atoms with van der Waals surface area (Å²) in [5.74, 6) is -1.02. The first-order valence-corrected chi connectivity index (χ1v) is 14.9. The summed E-state index contributed by atoms with van der Waals surface area (Å²) in [6, 6.07) is 10.7. The predicted octanol–water partition coefficient (Wildman–Crippen LogP) is 3.73. The number of carbonyl (C=O) groups excluding carboxylic acids is 3. The molecule has 4 rings (SSSR count). The molecule has 0 bridgehead atoms. The number of rotatable bonds is 12. The molecule has 1 saturated carbocycles. The van der Waals surface area contributed by atoms with E-state index in [1.54, 1.807) is 6.92 Å². The van der Waals surface area contributed by atoms with Crippen molar-refractivity contribution in [2.75, 3.05) is 40.3 Å². The van der Waals surface area contributed by atoms with Gasteiger partial charge in [-0.1, -0.05) is 56.0 Å². The summed E-state index contributed by atoms with van der Waals surface area (Å²) < 4.78 is 33.1. The van der Waals surface area contributed by atoms with Crippen molar-refractivity contribution in [1.82, 2.24) is 10.3 Å². The van der Waals surface area contributed by atoms with Gasteiger partial charge in [0.05, 0.1) is 20.3 Å². The summed E-state index contributed by atoms with van der Waals surface area (Å²) >= 11 is 0. The van der Waals surface area contributed by atoms with Gasteiger partial charge >= 0.3 is 11.9 Å². The molecule has 43 heavy (non-hydrogen) atoms. The van der Waals surface area contributed by atoms with Crippen molar-refractivity contribution in [3.63, 3.8) is 0 Å². The minimum Gasteiger partial charge on any atom is -0.493 e. The molecule has 1 aliphatic carbocycles. The van der Waals surface area contributed by atoms with Gasteiger partial charge in [-0.15, -0.1) is 0 Å². The molecule has 234 valence electrons. The first kappa shape index (κ1) is 32.2. The lowest BCUT2D eigenvalue weighted by molar-refractivity contribution is -0.156. The Labute approximate surface area is 252 Å². The number of methoxy groups -OCH3 is 1. The minimum atomic E-state index is -1.07. The SMILES string of the molecule is CCOCC(=O)OCOc1c(OC)ccnc1C(=O)N[C@H]1COC[C@H](Cc2ccccc2)[C@@H](C2CCCC2)[C@H](C)OC1=O. The van der Waals surface area contributed by atoms with Crippen LogP contribution in [-0.4, -0.2) is 75.3 Å². The van der Waals surface area contributed by atoms with Crippen LogP contribution < -0.4 is 14.8 Å². The Morgan fingerprint density at radius 2 is 1.86 bits per heavy atom. The zero-order valence-corrected chi connectivity index (χ0v) is 25.1. The summed E-state index contributed by atoms with van der Waals surface area (Å²) in [4.78, 5) is 42.8. The Hall–Kier alpha value is -3.70. The Morgan fingerprint density at radius 3 is 2.58 bits per heavy atom. The Kier molecular flexibility index (Phi) is 12.2. The number of nitrogens with one attached hydrogen (secondary N) is 1. The van der Waals surface area contributed by atoms with Crippen LogP contribution in [0.1, 0.15) is 55.6 Å². The summed E-state index contributed by atoms with van der Waals surface area (Å²) in [5.41, 5.74) is 1.06. The van der Waals surface area contributed by atoms with Gasteiger partial charge in [-0.2, -0.15) is 0 Å². The maximum atomic E-state index is 13.4. The molecule has 1 aromatic carbocycles. The van der Waals surface area contributed by atoms with Crippen LogP contribution in [0.15, 0.2) is 42.6 Å². The molecule has 4 atom stereocenters. The number of aromatic nitrogens is 1. The third-order valence-corrected chi connectivity index (χ3v) is 8.03. The lowest BCUT2D eigenvalue weighted by Crippen LogP contribution is -2.46. The molecule has 1 aliphatic heterocycles. The molecule has 11 heteroatoms. The molecule has 11 nitrogen and oxygen atoms in total. The summed E-state index contributed by atoms with van der Waals surface area (Å²) in [6.45, 7) is 3.71. The maximum absolute atomic E-state index is 13.4. The van der Waals surface area contributed by atoms with Gasteiger partial charge in [0.25, 0.3) is 5.91 Å². The topological polar surface area (TPSA) is 132 Å². The van der Waals surface area contributed by atoms with Gasteiger partial charge in [-0.05, 0) is 37.7 Å². The highest BCUT2D eigenvalue weighted by molar-refractivity contribution is 5.98. The number of ether oxygens (including phenoxy) is 6. The largest absolute Gasteiger partial charge is 0.493 e. The smallest absolute Gasteiger partial charge is 0.334 e. The van der Waals surface area contributed by atoms with Crippen molar-refractivity contribution in [2.24, 2.45) is 17.8 Å². The fourth-order valence-corrected chi connectivity index (χ4v) is 6.07. The molecule has 1 aromatic heterocycles. The van der Waals surface area contributed by atoms with Gasteiger partial charge in [-0.3, -0.25) is 4.79 Å². The number of hydrogen-bond acceptors (Lipinski definition) is 10. The second-order valence-corrected chi connectivity index (χ2v) is 10.9. The van der Waals surface area contributed by atoms with E-state index in [4.69, 9.17) is 28.4 Å². The third kappa shape index (κ3) is 8.90. The van der Waals surface area contributed by atoms with Gasteiger partial charge < -0.3 is 33.7 Å². The van der Waals surface area contributed by atoms with Crippen molar-refractivity contribution in [3.8, 4) is 11.5 Å². The summed E-state index contributed by atoms with van der Waals surface area (Å²) in [6.07, 6.45) is 6.37. The normalized spacial score (nSPS) is 22.9. The highest BCUT2D eigenvalue weighted by Crippen LogP contribution is 2.40. The van der Waals surface area contributed by atoms with Crippen LogP contribution in [0.25, 0.3) is 0 Å². The molecule has 1 saturated heterocycles. The number of carbonyl (C=O) groups is 3. The lowest BCUT2D eigenvalue weighted by Gasteiger charge is -2.35. The second kappa shape index (κ2) is 16.2. The van der Waals surface area contributed by atoms with Crippen molar-refractivity contribution in [1.29, 1.82) is 0 Å². The molecule has 2 aromatic rings. The lowest BCUT2D eigenvalue weighted by atomic mass is 9.75. The highest BCUT2D eigenvalue weighted by atomic mass is 16.7. The first-order valence-electron chi connectivity index (χ1n) is 14.9. The molecular weight excluding hydrogens is 556 g/mol. The number of cyclic esters (lactones) is 1. The van der Waals surface area contributed by atoms with Gasteiger partial charge in [0, 0.05) is 24.8 Å². The van der Waals surface area contributed by atoms with E-state index in [0.29, 0.717) is 19.1 Å². The zero-order valence-electron chi connectivity index (χ0n) is 25.1.